The number of nitrogens with one attached hydrogen (secondary N) is 1. The minimum atomic E-state index is -0.364. The van der Waals surface area contributed by atoms with E-state index in [0.29, 0.717) is 33.2 Å². The summed E-state index contributed by atoms with van der Waals surface area (Å²) in [5.41, 5.74) is 1.53. The van der Waals surface area contributed by atoms with Crippen LogP contribution in [0.2, 0.25) is 5.02 Å². The van der Waals surface area contributed by atoms with Gasteiger partial charge in [-0.25, -0.2) is 0 Å². The van der Waals surface area contributed by atoms with Gasteiger partial charge < -0.3 is 19.2 Å². The quantitative estimate of drug-likeness (QED) is 0.344. The van der Waals surface area contributed by atoms with Crippen molar-refractivity contribution < 1.29 is 18.7 Å². The van der Waals surface area contributed by atoms with Gasteiger partial charge in [-0.05, 0) is 41.8 Å². The zero-order valence-electron chi connectivity index (χ0n) is 18.1. The van der Waals surface area contributed by atoms with Crippen LogP contribution in [0.3, 0.4) is 0 Å². The predicted molar refractivity (Wildman–Crippen MR) is 129 cm³/mol. The van der Waals surface area contributed by atoms with Gasteiger partial charge in [-0.2, -0.15) is 0 Å². The Morgan fingerprint density at radius 1 is 1.03 bits per heavy atom. The van der Waals surface area contributed by atoms with E-state index in [9.17, 15) is 9.59 Å². The van der Waals surface area contributed by atoms with Crippen LogP contribution in [0.25, 0.3) is 11.0 Å². The third kappa shape index (κ3) is 5.18. The van der Waals surface area contributed by atoms with Crippen molar-refractivity contribution in [2.45, 2.75) is 19.8 Å². The van der Waals surface area contributed by atoms with Gasteiger partial charge in [0.05, 0.1) is 16.1 Å². The lowest BCUT2D eigenvalue weighted by Gasteiger charge is -2.13. The third-order valence-corrected chi connectivity index (χ3v) is 5.32. The highest BCUT2D eigenvalue weighted by Crippen LogP contribution is 2.30. The van der Waals surface area contributed by atoms with Crippen molar-refractivity contribution in [3.8, 4) is 17.2 Å². The van der Waals surface area contributed by atoms with Gasteiger partial charge in [-0.1, -0.05) is 55.8 Å². The standard InChI is InChI=1S/C26H22ClNO5/c1-16(2)18-7-3-6-10-22(18)33-24-14-32-23-13-17(11-12-19(23)26(24)30)31-15-25(29)28-21-9-5-4-8-20(21)27/h3-14,16H,15H2,1-2H3,(H,28,29). The molecule has 0 bridgehead atoms. The Bertz CT molecular complexity index is 1360. The van der Waals surface area contributed by atoms with Crippen LogP contribution >= 0.6 is 11.6 Å². The van der Waals surface area contributed by atoms with Gasteiger partial charge in [0.2, 0.25) is 11.2 Å². The lowest BCUT2D eigenvalue weighted by atomic mass is 10.0. The maximum absolute atomic E-state index is 12.9. The number of fused-ring (bicyclic) bond motifs is 1. The number of carbonyl (C=O) groups excluding carboxylic acids is 1. The maximum atomic E-state index is 12.9. The first kappa shape index (κ1) is 22.4. The van der Waals surface area contributed by atoms with Crippen molar-refractivity contribution in [1.29, 1.82) is 0 Å². The number of ether oxygens (including phenoxy) is 2. The van der Waals surface area contributed by atoms with Crippen molar-refractivity contribution in [3.05, 3.63) is 93.8 Å². The predicted octanol–water partition coefficient (Wildman–Crippen LogP) is 6.38. The van der Waals surface area contributed by atoms with E-state index in [2.05, 4.69) is 19.2 Å². The van der Waals surface area contributed by atoms with Crippen LogP contribution in [0.15, 0.2) is 82.2 Å². The minimum Gasteiger partial charge on any atom is -0.484 e. The summed E-state index contributed by atoms with van der Waals surface area (Å²) >= 11 is 6.05. The normalized spacial score (nSPS) is 10.9. The number of hydrogen-bond donors (Lipinski definition) is 1. The fraction of sp³-hybridized carbons (Fsp3) is 0.154. The van der Waals surface area contributed by atoms with E-state index in [1.165, 1.54) is 6.26 Å². The maximum Gasteiger partial charge on any atom is 0.262 e. The molecule has 168 valence electrons. The highest BCUT2D eigenvalue weighted by atomic mass is 35.5. The van der Waals surface area contributed by atoms with Crippen molar-refractivity contribution in [2.24, 2.45) is 0 Å². The Morgan fingerprint density at radius 2 is 1.79 bits per heavy atom. The number of para-hydroxylation sites is 2. The second kappa shape index (κ2) is 9.79. The Kier molecular flexibility index (Phi) is 6.66. The summed E-state index contributed by atoms with van der Waals surface area (Å²) in [4.78, 5) is 25.1. The molecule has 1 heterocycles. The molecular formula is C26H22ClNO5. The van der Waals surface area contributed by atoms with E-state index in [1.54, 1.807) is 42.5 Å². The lowest BCUT2D eigenvalue weighted by Crippen LogP contribution is -2.20. The molecule has 7 heteroatoms. The van der Waals surface area contributed by atoms with Crippen molar-refractivity contribution in [2.75, 3.05) is 11.9 Å². The summed E-state index contributed by atoms with van der Waals surface area (Å²) in [5, 5.41) is 3.47. The molecule has 0 saturated heterocycles. The second-order valence-corrected chi connectivity index (χ2v) is 8.11. The first-order valence-electron chi connectivity index (χ1n) is 10.4. The van der Waals surface area contributed by atoms with Gasteiger partial charge in [-0.3, -0.25) is 9.59 Å². The number of rotatable bonds is 7. The van der Waals surface area contributed by atoms with E-state index in [-0.39, 0.29) is 29.6 Å². The number of amides is 1. The molecule has 3 aromatic carbocycles. The summed E-state index contributed by atoms with van der Waals surface area (Å²) in [6.07, 6.45) is 1.29. The summed E-state index contributed by atoms with van der Waals surface area (Å²) in [5.74, 6) is 0.978. The highest BCUT2D eigenvalue weighted by molar-refractivity contribution is 6.33. The monoisotopic (exact) mass is 463 g/mol. The molecule has 4 aromatic rings. The molecular weight excluding hydrogens is 442 g/mol. The summed E-state index contributed by atoms with van der Waals surface area (Å²) in [6.45, 7) is 3.89. The Morgan fingerprint density at radius 3 is 2.58 bits per heavy atom. The topological polar surface area (TPSA) is 77.8 Å². The molecule has 1 amide bonds. The van der Waals surface area contributed by atoms with Crippen molar-refractivity contribution >= 4 is 34.2 Å². The molecule has 33 heavy (non-hydrogen) atoms. The average Bonchev–Trinajstić information content (AvgIpc) is 2.81. The summed E-state index contributed by atoms with van der Waals surface area (Å²) in [7, 11) is 0. The molecule has 6 nitrogen and oxygen atoms in total. The molecule has 1 aromatic heterocycles. The van der Waals surface area contributed by atoms with E-state index in [0.717, 1.165) is 5.56 Å². The Balaban J connectivity index is 1.48. The van der Waals surface area contributed by atoms with E-state index in [1.807, 2.05) is 24.3 Å². The first-order chi connectivity index (χ1) is 15.9. The van der Waals surface area contributed by atoms with E-state index >= 15 is 0 Å². The van der Waals surface area contributed by atoms with Gasteiger partial charge in [0.15, 0.2) is 6.61 Å². The third-order valence-electron chi connectivity index (χ3n) is 4.99. The van der Waals surface area contributed by atoms with Crippen LogP contribution in [0, 0.1) is 0 Å². The number of benzene rings is 3. The zero-order valence-corrected chi connectivity index (χ0v) is 18.9. The van der Waals surface area contributed by atoms with Crippen LogP contribution in [0.1, 0.15) is 25.3 Å². The molecule has 0 fully saturated rings. The minimum absolute atomic E-state index is 0.100. The average molecular weight is 464 g/mol. The molecule has 1 N–H and O–H groups in total. The fourth-order valence-corrected chi connectivity index (χ4v) is 3.50. The second-order valence-electron chi connectivity index (χ2n) is 7.70. The van der Waals surface area contributed by atoms with Crippen LogP contribution in [0.5, 0.6) is 17.2 Å². The van der Waals surface area contributed by atoms with Crippen LogP contribution in [0.4, 0.5) is 5.69 Å². The summed E-state index contributed by atoms with van der Waals surface area (Å²) in [6, 6.07) is 19.3. The molecule has 0 saturated carbocycles. The number of carbonyl (C=O) groups is 1. The molecule has 0 spiro atoms. The SMILES string of the molecule is CC(C)c1ccccc1Oc1coc2cc(OCC(=O)Nc3ccccc3Cl)ccc2c1=O. The largest absolute Gasteiger partial charge is 0.484 e. The Hall–Kier alpha value is -3.77. The van der Waals surface area contributed by atoms with Crippen molar-refractivity contribution in [1.82, 2.24) is 0 Å². The number of anilines is 1. The fourth-order valence-electron chi connectivity index (χ4n) is 3.32. The van der Waals surface area contributed by atoms with E-state index < -0.39 is 0 Å². The zero-order chi connectivity index (χ0) is 23.4. The summed E-state index contributed by atoms with van der Waals surface area (Å²) < 4.78 is 17.1. The smallest absolute Gasteiger partial charge is 0.262 e. The lowest BCUT2D eigenvalue weighted by molar-refractivity contribution is -0.118. The van der Waals surface area contributed by atoms with Gasteiger partial charge in [-0.15, -0.1) is 0 Å². The molecule has 0 unspecified atom stereocenters. The van der Waals surface area contributed by atoms with Gasteiger partial charge >= 0.3 is 0 Å². The van der Waals surface area contributed by atoms with E-state index in [4.69, 9.17) is 25.5 Å². The van der Waals surface area contributed by atoms with Crippen LogP contribution in [-0.2, 0) is 4.79 Å². The molecule has 0 aliphatic carbocycles. The molecule has 0 aliphatic rings. The van der Waals surface area contributed by atoms with Gasteiger partial charge in [0.25, 0.3) is 5.91 Å². The molecule has 0 radical (unpaired) electrons. The number of hydrogen-bond acceptors (Lipinski definition) is 5. The molecule has 4 rings (SSSR count). The highest BCUT2D eigenvalue weighted by Gasteiger charge is 2.14. The van der Waals surface area contributed by atoms with Crippen LogP contribution < -0.4 is 20.2 Å². The van der Waals surface area contributed by atoms with Crippen LogP contribution in [-0.4, -0.2) is 12.5 Å². The Labute approximate surface area is 195 Å². The first-order valence-corrected chi connectivity index (χ1v) is 10.8. The number of halogens is 1. The van der Waals surface area contributed by atoms with Gasteiger partial charge in [0, 0.05) is 6.07 Å². The van der Waals surface area contributed by atoms with Gasteiger partial charge in [0.1, 0.15) is 23.3 Å². The van der Waals surface area contributed by atoms with Crippen molar-refractivity contribution in [3.63, 3.8) is 0 Å². The molecule has 0 aliphatic heterocycles. The molecule has 0 atom stereocenters.